The van der Waals surface area contributed by atoms with Crippen molar-refractivity contribution in [1.82, 2.24) is 0 Å². The maximum absolute atomic E-state index is 13.2. The molecule has 0 N–H and O–H groups in total. The Balaban J connectivity index is 3.05. The summed E-state index contributed by atoms with van der Waals surface area (Å²) in [5, 5.41) is 0. The van der Waals surface area contributed by atoms with E-state index < -0.39 is 44.5 Å². The third kappa shape index (κ3) is 3.57. The maximum atomic E-state index is 13.2. The summed E-state index contributed by atoms with van der Waals surface area (Å²) in [6.07, 6.45) is 0. The van der Waals surface area contributed by atoms with Crippen LogP contribution in [0, 0.1) is 11.6 Å². The van der Waals surface area contributed by atoms with Gasteiger partial charge in [-0.15, -0.1) is 0 Å². The Labute approximate surface area is 97.1 Å². The van der Waals surface area contributed by atoms with Crippen LogP contribution in [0.1, 0.15) is 0 Å². The minimum atomic E-state index is -4.18. The van der Waals surface area contributed by atoms with Gasteiger partial charge in [0.15, 0.2) is 15.6 Å². The average molecular weight is 264 g/mol. The first-order valence-electron chi connectivity index (χ1n) is 4.55. The predicted octanol–water partition coefficient (Wildman–Crippen LogP) is 0.954. The number of ether oxygens (including phenoxy) is 1. The van der Waals surface area contributed by atoms with Gasteiger partial charge >= 0.3 is 0 Å². The summed E-state index contributed by atoms with van der Waals surface area (Å²) in [5.74, 6) is -3.61. The van der Waals surface area contributed by atoms with Crippen LogP contribution < -0.4 is 0 Å². The van der Waals surface area contributed by atoms with Crippen molar-refractivity contribution in [2.24, 2.45) is 0 Å². The SMILES string of the molecule is COCC(=O)CS(=O)(=O)c1cc(F)ccc1F. The molecule has 1 aromatic rings. The average Bonchev–Trinajstić information content (AvgIpc) is 2.21. The smallest absolute Gasteiger partial charge is 0.188 e. The Bertz CT molecular complexity index is 525. The van der Waals surface area contributed by atoms with E-state index >= 15 is 0 Å². The van der Waals surface area contributed by atoms with Crippen LogP contribution in [0.5, 0.6) is 0 Å². The number of carbonyl (C=O) groups excluding carboxylic acids is 1. The van der Waals surface area contributed by atoms with Gasteiger partial charge in [-0.25, -0.2) is 17.2 Å². The van der Waals surface area contributed by atoms with E-state index in [1.54, 1.807) is 0 Å². The highest BCUT2D eigenvalue weighted by molar-refractivity contribution is 7.92. The summed E-state index contributed by atoms with van der Waals surface area (Å²) in [4.78, 5) is 10.3. The first-order valence-corrected chi connectivity index (χ1v) is 6.20. The van der Waals surface area contributed by atoms with Crippen LogP contribution in [0.3, 0.4) is 0 Å². The van der Waals surface area contributed by atoms with Crippen molar-refractivity contribution < 1.29 is 26.7 Å². The Hall–Kier alpha value is -1.34. The summed E-state index contributed by atoms with van der Waals surface area (Å²) in [5.41, 5.74) is 0. The molecule has 0 atom stereocenters. The number of halogens is 2. The van der Waals surface area contributed by atoms with Gasteiger partial charge in [0.2, 0.25) is 0 Å². The first-order chi connectivity index (χ1) is 7.86. The zero-order valence-electron chi connectivity index (χ0n) is 8.94. The van der Waals surface area contributed by atoms with Gasteiger partial charge in [0, 0.05) is 7.11 Å². The molecule has 17 heavy (non-hydrogen) atoms. The van der Waals surface area contributed by atoms with Crippen molar-refractivity contribution in [3.63, 3.8) is 0 Å². The van der Waals surface area contributed by atoms with E-state index in [-0.39, 0.29) is 0 Å². The van der Waals surface area contributed by atoms with E-state index in [1.165, 1.54) is 7.11 Å². The highest BCUT2D eigenvalue weighted by Crippen LogP contribution is 2.17. The Morgan fingerprint density at radius 2 is 2.00 bits per heavy atom. The number of hydrogen-bond acceptors (Lipinski definition) is 4. The van der Waals surface area contributed by atoms with Crippen LogP contribution in [0.4, 0.5) is 8.78 Å². The molecule has 0 radical (unpaired) electrons. The molecule has 94 valence electrons. The van der Waals surface area contributed by atoms with Crippen molar-refractivity contribution >= 4 is 15.6 Å². The van der Waals surface area contributed by atoms with Crippen LogP contribution in [0.25, 0.3) is 0 Å². The molecule has 0 aliphatic carbocycles. The molecular formula is C10H10F2O4S. The molecule has 1 aromatic carbocycles. The molecule has 0 fully saturated rings. The highest BCUT2D eigenvalue weighted by Gasteiger charge is 2.23. The topological polar surface area (TPSA) is 60.4 Å². The van der Waals surface area contributed by atoms with E-state index in [0.29, 0.717) is 12.1 Å². The number of hydrogen-bond donors (Lipinski definition) is 0. The number of benzene rings is 1. The molecule has 0 unspecified atom stereocenters. The molecule has 0 spiro atoms. The lowest BCUT2D eigenvalue weighted by Crippen LogP contribution is -2.20. The van der Waals surface area contributed by atoms with Crippen LogP contribution in [0.15, 0.2) is 23.1 Å². The van der Waals surface area contributed by atoms with Crippen LogP contribution >= 0.6 is 0 Å². The number of carbonyl (C=O) groups is 1. The van der Waals surface area contributed by atoms with Crippen molar-refractivity contribution in [3.05, 3.63) is 29.8 Å². The second-order valence-electron chi connectivity index (χ2n) is 3.31. The summed E-state index contributed by atoms with van der Waals surface area (Å²) in [7, 11) is -2.95. The lowest BCUT2D eigenvalue weighted by molar-refractivity contribution is -0.120. The molecule has 1 rings (SSSR count). The number of rotatable bonds is 5. The second-order valence-corrected chi connectivity index (χ2v) is 5.26. The standard InChI is InChI=1S/C10H10F2O4S/c1-16-5-8(13)6-17(14,15)10-4-7(11)2-3-9(10)12/h2-4H,5-6H2,1H3. The van der Waals surface area contributed by atoms with Gasteiger partial charge in [-0.2, -0.15) is 0 Å². The minimum Gasteiger partial charge on any atom is -0.377 e. The van der Waals surface area contributed by atoms with Crippen molar-refractivity contribution in [1.29, 1.82) is 0 Å². The molecule has 0 heterocycles. The van der Waals surface area contributed by atoms with Gasteiger partial charge in [0.1, 0.15) is 28.9 Å². The normalized spacial score (nSPS) is 11.5. The molecule has 4 nitrogen and oxygen atoms in total. The minimum absolute atomic E-state index is 0.393. The van der Waals surface area contributed by atoms with E-state index in [2.05, 4.69) is 4.74 Å². The first kappa shape index (κ1) is 13.7. The van der Waals surface area contributed by atoms with Gasteiger partial charge in [-0.05, 0) is 18.2 Å². The third-order valence-electron chi connectivity index (χ3n) is 1.88. The van der Waals surface area contributed by atoms with Gasteiger partial charge in [-0.3, -0.25) is 4.79 Å². The maximum Gasteiger partial charge on any atom is 0.188 e. The number of sulfone groups is 1. The van der Waals surface area contributed by atoms with Crippen molar-refractivity contribution in [2.45, 2.75) is 4.90 Å². The monoisotopic (exact) mass is 264 g/mol. The zero-order valence-corrected chi connectivity index (χ0v) is 9.76. The molecule has 0 aliphatic heterocycles. The third-order valence-corrected chi connectivity index (χ3v) is 3.57. The number of methoxy groups -OCH3 is 1. The number of Topliss-reactive ketones (excluding diaryl/α,β-unsaturated/α-hetero) is 1. The van der Waals surface area contributed by atoms with Gasteiger partial charge in [0.25, 0.3) is 0 Å². The zero-order chi connectivity index (χ0) is 13.1. The second kappa shape index (κ2) is 5.33. The molecule has 0 saturated heterocycles. The van der Waals surface area contributed by atoms with Gasteiger partial charge in [0.05, 0.1) is 0 Å². The fourth-order valence-corrected chi connectivity index (χ4v) is 2.53. The fourth-order valence-electron chi connectivity index (χ4n) is 1.21. The molecule has 0 aromatic heterocycles. The van der Waals surface area contributed by atoms with Crippen LogP contribution in [-0.4, -0.2) is 33.7 Å². The summed E-state index contributed by atoms with van der Waals surface area (Å²) < 4.78 is 53.7. The van der Waals surface area contributed by atoms with Crippen LogP contribution in [-0.2, 0) is 19.4 Å². The Morgan fingerprint density at radius 3 is 2.59 bits per heavy atom. The van der Waals surface area contributed by atoms with E-state index in [4.69, 9.17) is 0 Å². The lowest BCUT2D eigenvalue weighted by Gasteiger charge is -2.04. The Morgan fingerprint density at radius 1 is 1.35 bits per heavy atom. The Kier molecular flexibility index (Phi) is 4.30. The van der Waals surface area contributed by atoms with Crippen molar-refractivity contribution in [3.8, 4) is 0 Å². The van der Waals surface area contributed by atoms with E-state index in [0.717, 1.165) is 6.07 Å². The molecule has 0 saturated carbocycles. The molecule has 0 bridgehead atoms. The predicted molar refractivity (Wildman–Crippen MR) is 55.3 cm³/mol. The molecule has 7 heteroatoms. The summed E-state index contributed by atoms with van der Waals surface area (Å²) in [6, 6.07) is 2.04. The molecular weight excluding hydrogens is 254 g/mol. The molecule has 0 aliphatic rings. The quantitative estimate of drug-likeness (QED) is 0.794. The van der Waals surface area contributed by atoms with Crippen molar-refractivity contribution in [2.75, 3.05) is 19.5 Å². The molecule has 0 amide bonds. The van der Waals surface area contributed by atoms with Crippen LogP contribution in [0.2, 0.25) is 0 Å². The highest BCUT2D eigenvalue weighted by atomic mass is 32.2. The summed E-state index contributed by atoms with van der Waals surface area (Å²) in [6.45, 7) is -0.393. The fraction of sp³-hybridized carbons (Fsp3) is 0.300. The van der Waals surface area contributed by atoms with E-state index in [9.17, 15) is 22.0 Å². The van der Waals surface area contributed by atoms with Gasteiger partial charge in [-0.1, -0.05) is 0 Å². The number of ketones is 1. The largest absolute Gasteiger partial charge is 0.377 e. The lowest BCUT2D eigenvalue weighted by atomic mass is 10.3. The summed E-state index contributed by atoms with van der Waals surface area (Å²) >= 11 is 0. The van der Waals surface area contributed by atoms with Gasteiger partial charge < -0.3 is 4.74 Å². The van der Waals surface area contributed by atoms with E-state index in [1.807, 2.05) is 0 Å².